The summed E-state index contributed by atoms with van der Waals surface area (Å²) in [6.45, 7) is 4.14. The number of thioether (sulfide) groups is 1. The molecule has 0 bridgehead atoms. The number of benzene rings is 2. The van der Waals surface area contributed by atoms with Gasteiger partial charge in [-0.3, -0.25) is 14.9 Å². The molecule has 0 saturated carbocycles. The lowest BCUT2D eigenvalue weighted by Crippen LogP contribution is -2.23. The second-order valence-corrected chi connectivity index (χ2v) is 8.14. The minimum absolute atomic E-state index is 0.0172. The maximum atomic E-state index is 12.8. The predicted molar refractivity (Wildman–Crippen MR) is 121 cm³/mol. The van der Waals surface area contributed by atoms with Crippen LogP contribution in [0.2, 0.25) is 0 Å². The van der Waals surface area contributed by atoms with Crippen molar-refractivity contribution in [3.8, 4) is 0 Å². The van der Waals surface area contributed by atoms with Gasteiger partial charge in [-0.2, -0.15) is 4.98 Å². The second-order valence-electron chi connectivity index (χ2n) is 7.20. The van der Waals surface area contributed by atoms with Crippen LogP contribution in [0.4, 0.5) is 5.69 Å². The van der Waals surface area contributed by atoms with Gasteiger partial charge in [0.15, 0.2) is 0 Å². The van der Waals surface area contributed by atoms with E-state index in [1.54, 1.807) is 22.7 Å². The SMILES string of the molecule is Cc1cc(C)n2nc(SCc3ccccc3C(=O)NCc3ccc([N+](=O)[O-])cc3)nc2n1. The Morgan fingerprint density at radius 3 is 2.62 bits per heavy atom. The molecule has 162 valence electrons. The van der Waals surface area contributed by atoms with E-state index in [1.807, 2.05) is 38.1 Å². The fourth-order valence-electron chi connectivity index (χ4n) is 3.23. The van der Waals surface area contributed by atoms with Crippen LogP contribution in [-0.4, -0.2) is 30.4 Å². The summed E-state index contributed by atoms with van der Waals surface area (Å²) >= 11 is 1.44. The van der Waals surface area contributed by atoms with Crippen LogP contribution < -0.4 is 5.32 Å². The van der Waals surface area contributed by atoms with Gasteiger partial charge in [0.1, 0.15) is 0 Å². The highest BCUT2D eigenvalue weighted by atomic mass is 32.2. The van der Waals surface area contributed by atoms with E-state index in [4.69, 9.17) is 0 Å². The number of nitro benzene ring substituents is 1. The highest BCUT2D eigenvalue weighted by molar-refractivity contribution is 7.98. The molecular formula is C22H20N6O3S. The fraction of sp³-hybridized carbons (Fsp3) is 0.182. The predicted octanol–water partition coefficient (Wildman–Crippen LogP) is 3.87. The van der Waals surface area contributed by atoms with E-state index in [-0.39, 0.29) is 18.1 Å². The molecule has 0 fully saturated rings. The van der Waals surface area contributed by atoms with Gasteiger partial charge in [-0.25, -0.2) is 9.50 Å². The third-order valence-corrected chi connectivity index (χ3v) is 5.70. The molecule has 0 saturated heterocycles. The summed E-state index contributed by atoms with van der Waals surface area (Å²) in [5.74, 6) is 0.866. The van der Waals surface area contributed by atoms with Gasteiger partial charge in [-0.05, 0) is 37.1 Å². The van der Waals surface area contributed by atoms with Gasteiger partial charge < -0.3 is 5.32 Å². The lowest BCUT2D eigenvalue weighted by Gasteiger charge is -2.09. The normalized spacial score (nSPS) is 10.9. The average Bonchev–Trinajstić information content (AvgIpc) is 3.20. The summed E-state index contributed by atoms with van der Waals surface area (Å²) in [6, 6.07) is 15.4. The number of amides is 1. The number of carbonyl (C=O) groups is 1. The molecule has 0 aliphatic heterocycles. The number of fused-ring (bicyclic) bond motifs is 1. The van der Waals surface area contributed by atoms with Crippen LogP contribution in [0.5, 0.6) is 0 Å². The number of nitro groups is 1. The van der Waals surface area contributed by atoms with E-state index in [0.717, 1.165) is 22.5 Å². The minimum Gasteiger partial charge on any atom is -0.348 e. The Morgan fingerprint density at radius 1 is 1.12 bits per heavy atom. The molecule has 9 nitrogen and oxygen atoms in total. The van der Waals surface area contributed by atoms with Crippen molar-refractivity contribution < 1.29 is 9.72 Å². The Hall–Kier alpha value is -3.79. The van der Waals surface area contributed by atoms with Gasteiger partial charge in [-0.15, -0.1) is 5.10 Å². The van der Waals surface area contributed by atoms with E-state index in [1.165, 1.54) is 23.9 Å². The van der Waals surface area contributed by atoms with Crippen LogP contribution in [0.3, 0.4) is 0 Å². The van der Waals surface area contributed by atoms with Crippen molar-refractivity contribution in [2.75, 3.05) is 0 Å². The first-order valence-electron chi connectivity index (χ1n) is 9.84. The fourth-order valence-corrected chi connectivity index (χ4v) is 4.05. The minimum atomic E-state index is -0.452. The third kappa shape index (κ3) is 4.75. The Bertz CT molecular complexity index is 1300. The first-order chi connectivity index (χ1) is 15.4. The Labute approximate surface area is 188 Å². The molecule has 0 spiro atoms. The molecule has 4 aromatic rings. The standard InChI is InChI=1S/C22H20N6O3S/c1-14-11-15(2)27-21(24-14)25-22(26-27)32-13-17-5-3-4-6-19(17)20(29)23-12-16-7-9-18(10-8-16)28(30)31/h3-11H,12-13H2,1-2H3,(H,23,29). The van der Waals surface area contributed by atoms with Crippen molar-refractivity contribution in [3.63, 3.8) is 0 Å². The lowest BCUT2D eigenvalue weighted by molar-refractivity contribution is -0.384. The molecule has 32 heavy (non-hydrogen) atoms. The zero-order chi connectivity index (χ0) is 22.7. The molecule has 1 amide bonds. The van der Waals surface area contributed by atoms with E-state index in [0.29, 0.717) is 22.3 Å². The smallest absolute Gasteiger partial charge is 0.269 e. The molecule has 2 heterocycles. The van der Waals surface area contributed by atoms with Gasteiger partial charge in [0.25, 0.3) is 17.4 Å². The molecule has 0 radical (unpaired) electrons. The van der Waals surface area contributed by atoms with Crippen molar-refractivity contribution in [1.82, 2.24) is 24.9 Å². The first kappa shape index (κ1) is 21.4. The zero-order valence-corrected chi connectivity index (χ0v) is 18.3. The highest BCUT2D eigenvalue weighted by Crippen LogP contribution is 2.23. The number of hydrogen-bond acceptors (Lipinski definition) is 7. The maximum Gasteiger partial charge on any atom is 0.269 e. The average molecular weight is 449 g/mol. The molecule has 4 rings (SSSR count). The van der Waals surface area contributed by atoms with Gasteiger partial charge >= 0.3 is 0 Å². The number of rotatable bonds is 7. The number of hydrogen-bond donors (Lipinski definition) is 1. The maximum absolute atomic E-state index is 12.8. The van der Waals surface area contributed by atoms with Crippen LogP contribution in [0.25, 0.3) is 5.78 Å². The van der Waals surface area contributed by atoms with Crippen molar-refractivity contribution in [2.24, 2.45) is 0 Å². The monoisotopic (exact) mass is 448 g/mol. The van der Waals surface area contributed by atoms with Gasteiger partial charge in [-0.1, -0.05) is 42.1 Å². The largest absolute Gasteiger partial charge is 0.348 e. The van der Waals surface area contributed by atoms with E-state index in [2.05, 4.69) is 20.4 Å². The van der Waals surface area contributed by atoms with Crippen molar-refractivity contribution in [1.29, 1.82) is 0 Å². The van der Waals surface area contributed by atoms with Crippen molar-refractivity contribution in [3.05, 3.63) is 92.8 Å². The van der Waals surface area contributed by atoms with Crippen LogP contribution >= 0.6 is 11.8 Å². The molecule has 2 aromatic carbocycles. The number of non-ortho nitro benzene ring substituents is 1. The van der Waals surface area contributed by atoms with E-state index >= 15 is 0 Å². The van der Waals surface area contributed by atoms with Crippen molar-refractivity contribution >= 4 is 29.1 Å². The quantitative estimate of drug-likeness (QED) is 0.259. The summed E-state index contributed by atoms with van der Waals surface area (Å²) in [5, 5.41) is 18.7. The number of nitrogens with one attached hydrogen (secondary N) is 1. The molecule has 0 aliphatic rings. The van der Waals surface area contributed by atoms with Crippen molar-refractivity contribution in [2.45, 2.75) is 31.3 Å². The van der Waals surface area contributed by atoms with Crippen LogP contribution in [0.15, 0.2) is 59.8 Å². The summed E-state index contributed by atoms with van der Waals surface area (Å²) in [5.41, 5.74) is 4.06. The topological polar surface area (TPSA) is 115 Å². The Kier molecular flexibility index (Phi) is 6.13. The van der Waals surface area contributed by atoms with Crippen LogP contribution in [0, 0.1) is 24.0 Å². The Balaban J connectivity index is 1.43. The number of carbonyl (C=O) groups excluding carboxylic acids is 1. The molecule has 2 aromatic heterocycles. The van der Waals surface area contributed by atoms with Gasteiger partial charge in [0.05, 0.1) is 4.92 Å². The number of aryl methyl sites for hydroxylation is 2. The number of nitrogens with zero attached hydrogens (tertiary/aromatic N) is 5. The van der Waals surface area contributed by atoms with Gasteiger partial charge in [0, 0.05) is 41.4 Å². The molecule has 0 unspecified atom stereocenters. The summed E-state index contributed by atoms with van der Waals surface area (Å²) in [4.78, 5) is 32.0. The summed E-state index contributed by atoms with van der Waals surface area (Å²) < 4.78 is 1.71. The molecule has 0 aliphatic carbocycles. The Morgan fingerprint density at radius 2 is 1.88 bits per heavy atom. The van der Waals surface area contributed by atoms with Crippen LogP contribution in [0.1, 0.15) is 32.9 Å². The van der Waals surface area contributed by atoms with Crippen LogP contribution in [-0.2, 0) is 12.3 Å². The number of aromatic nitrogens is 4. The third-order valence-electron chi connectivity index (χ3n) is 4.82. The van der Waals surface area contributed by atoms with E-state index in [9.17, 15) is 14.9 Å². The molecular weight excluding hydrogens is 428 g/mol. The highest BCUT2D eigenvalue weighted by Gasteiger charge is 2.14. The second kappa shape index (κ2) is 9.15. The zero-order valence-electron chi connectivity index (χ0n) is 17.5. The molecule has 0 atom stereocenters. The molecule has 1 N–H and O–H groups in total. The molecule has 10 heteroatoms. The summed E-state index contributed by atoms with van der Waals surface area (Å²) in [6.07, 6.45) is 0. The van der Waals surface area contributed by atoms with E-state index < -0.39 is 4.92 Å². The van der Waals surface area contributed by atoms with Gasteiger partial charge in [0.2, 0.25) is 5.16 Å². The summed E-state index contributed by atoms with van der Waals surface area (Å²) in [7, 11) is 0. The first-order valence-corrected chi connectivity index (χ1v) is 10.8. The lowest BCUT2D eigenvalue weighted by atomic mass is 10.1.